The van der Waals surface area contributed by atoms with Crippen LogP contribution in [-0.2, 0) is 9.59 Å². The van der Waals surface area contributed by atoms with Crippen LogP contribution < -0.4 is 0 Å². The molecule has 2 rings (SSSR count). The van der Waals surface area contributed by atoms with Gasteiger partial charge in [0.05, 0.1) is 0 Å². The Kier molecular flexibility index (Phi) is 11.5. The molecule has 30 heavy (non-hydrogen) atoms. The van der Waals surface area contributed by atoms with Gasteiger partial charge in [0.25, 0.3) is 0 Å². The van der Waals surface area contributed by atoms with Crippen molar-refractivity contribution in [3.63, 3.8) is 0 Å². The quantitative estimate of drug-likeness (QED) is 0.421. The van der Waals surface area contributed by atoms with Gasteiger partial charge < -0.3 is 9.69 Å². The zero-order chi connectivity index (χ0) is 21.8. The number of amides is 1. The molecule has 1 amide bonds. The van der Waals surface area contributed by atoms with E-state index in [0.29, 0.717) is 12.5 Å². The zero-order valence-electron chi connectivity index (χ0n) is 19.5. The maximum absolute atomic E-state index is 13.7. The Labute approximate surface area is 184 Å². The van der Waals surface area contributed by atoms with E-state index in [1.807, 2.05) is 0 Å². The Hall–Kier alpha value is -1.39. The van der Waals surface area contributed by atoms with Crippen molar-refractivity contribution in [1.29, 1.82) is 5.41 Å². The first kappa shape index (κ1) is 24.9. The van der Waals surface area contributed by atoms with E-state index in [1.165, 1.54) is 32.1 Å². The summed E-state index contributed by atoms with van der Waals surface area (Å²) in [6.45, 7) is 5.90. The average molecular weight is 420 g/mol. The second-order valence-corrected chi connectivity index (χ2v) is 9.52. The van der Waals surface area contributed by atoms with Crippen molar-refractivity contribution in [2.75, 3.05) is 13.1 Å². The Morgan fingerprint density at radius 1 is 1.00 bits per heavy atom. The topological polar surface area (TPSA) is 64.5 Å². The number of nitrogens with zero attached hydrogens (tertiary/aromatic N) is 2. The zero-order valence-corrected chi connectivity index (χ0v) is 19.5. The van der Waals surface area contributed by atoms with Crippen LogP contribution in [0.1, 0.15) is 110 Å². The van der Waals surface area contributed by atoms with E-state index < -0.39 is 0 Å². The number of carbonyl (C=O) groups excluding carboxylic acids is 2. The molecular weight excluding hydrogens is 374 g/mol. The lowest BCUT2D eigenvalue weighted by molar-refractivity contribution is -0.136. The molecule has 1 aliphatic carbocycles. The SMILES string of the molecule is CCCCCC(C)N1CCCCCN(C(=O)C2CCCCCCCCC2C=O)C1=N. The van der Waals surface area contributed by atoms with E-state index in [9.17, 15) is 9.59 Å². The number of rotatable bonds is 7. The molecule has 1 saturated heterocycles. The standard InChI is InChI=1S/C25H45N3O2/c1-3-4-10-15-21(2)27-18-13-9-14-19-28(25(27)26)24(30)23-17-12-8-6-5-7-11-16-22(23)20-29/h20-23,26H,3-19H2,1-2H3. The minimum Gasteiger partial charge on any atom is -0.340 e. The number of unbranched alkanes of at least 4 members (excludes halogenated alkanes) is 2. The van der Waals surface area contributed by atoms with E-state index in [4.69, 9.17) is 5.41 Å². The Morgan fingerprint density at radius 2 is 1.63 bits per heavy atom. The molecule has 0 aromatic rings. The van der Waals surface area contributed by atoms with Gasteiger partial charge in [-0.05, 0) is 45.4 Å². The van der Waals surface area contributed by atoms with Gasteiger partial charge in [-0.25, -0.2) is 0 Å². The summed E-state index contributed by atoms with van der Waals surface area (Å²) in [6, 6.07) is 0.281. The van der Waals surface area contributed by atoms with Crippen LogP contribution in [0.25, 0.3) is 0 Å². The van der Waals surface area contributed by atoms with Gasteiger partial charge in [0, 0.05) is 31.0 Å². The van der Waals surface area contributed by atoms with Crippen LogP contribution in [0.4, 0.5) is 0 Å². The number of guanidine groups is 1. The molecule has 0 bridgehead atoms. The van der Waals surface area contributed by atoms with Gasteiger partial charge in [-0.1, -0.05) is 64.7 Å². The van der Waals surface area contributed by atoms with Crippen LogP contribution in [0.15, 0.2) is 0 Å². The van der Waals surface area contributed by atoms with Crippen LogP contribution in [0.2, 0.25) is 0 Å². The summed E-state index contributed by atoms with van der Waals surface area (Å²) in [7, 11) is 0. The smallest absolute Gasteiger partial charge is 0.233 e. The third-order valence-electron chi connectivity index (χ3n) is 7.14. The molecule has 0 radical (unpaired) electrons. The fourth-order valence-electron chi connectivity index (χ4n) is 5.12. The Morgan fingerprint density at radius 3 is 2.33 bits per heavy atom. The van der Waals surface area contributed by atoms with Crippen LogP contribution in [0, 0.1) is 17.2 Å². The first-order chi connectivity index (χ1) is 14.6. The van der Waals surface area contributed by atoms with E-state index in [-0.39, 0.29) is 23.8 Å². The molecule has 0 aromatic carbocycles. The second-order valence-electron chi connectivity index (χ2n) is 9.52. The Balaban J connectivity index is 2.15. The van der Waals surface area contributed by atoms with E-state index in [0.717, 1.165) is 77.0 Å². The molecule has 5 heteroatoms. The van der Waals surface area contributed by atoms with Gasteiger partial charge in [0.2, 0.25) is 11.9 Å². The van der Waals surface area contributed by atoms with E-state index >= 15 is 0 Å². The molecule has 1 N–H and O–H groups in total. The highest BCUT2D eigenvalue weighted by molar-refractivity contribution is 5.97. The average Bonchev–Trinajstić information content (AvgIpc) is 2.74. The summed E-state index contributed by atoms with van der Waals surface area (Å²) >= 11 is 0. The van der Waals surface area contributed by atoms with Crippen LogP contribution >= 0.6 is 0 Å². The maximum Gasteiger partial charge on any atom is 0.233 e. The summed E-state index contributed by atoms with van der Waals surface area (Å²) in [5.74, 6) is -0.0299. The minimum atomic E-state index is -0.252. The predicted octanol–water partition coefficient (Wildman–Crippen LogP) is 5.77. The third kappa shape index (κ3) is 7.39. The summed E-state index contributed by atoms with van der Waals surface area (Å²) in [4.78, 5) is 29.5. The normalized spacial score (nSPS) is 25.9. The van der Waals surface area contributed by atoms with Gasteiger partial charge >= 0.3 is 0 Å². The van der Waals surface area contributed by atoms with Crippen molar-refractivity contribution in [3.05, 3.63) is 0 Å². The van der Waals surface area contributed by atoms with Gasteiger partial charge in [-0.15, -0.1) is 0 Å². The number of aldehydes is 1. The lowest BCUT2D eigenvalue weighted by atomic mass is 9.82. The Bertz CT molecular complexity index is 536. The molecule has 2 aliphatic rings. The van der Waals surface area contributed by atoms with E-state index in [1.54, 1.807) is 4.90 Å². The van der Waals surface area contributed by atoms with Crippen molar-refractivity contribution in [2.45, 2.75) is 116 Å². The third-order valence-corrected chi connectivity index (χ3v) is 7.14. The molecule has 3 unspecified atom stereocenters. The molecule has 5 nitrogen and oxygen atoms in total. The molecular formula is C25H45N3O2. The number of nitrogens with one attached hydrogen (secondary N) is 1. The van der Waals surface area contributed by atoms with Gasteiger partial charge in [-0.2, -0.15) is 0 Å². The van der Waals surface area contributed by atoms with Crippen molar-refractivity contribution in [3.8, 4) is 0 Å². The highest BCUT2D eigenvalue weighted by Crippen LogP contribution is 2.29. The van der Waals surface area contributed by atoms with Crippen LogP contribution in [0.5, 0.6) is 0 Å². The summed E-state index contributed by atoms with van der Waals surface area (Å²) in [5, 5.41) is 8.94. The molecule has 2 fully saturated rings. The van der Waals surface area contributed by atoms with Crippen molar-refractivity contribution in [2.24, 2.45) is 11.8 Å². The molecule has 0 spiro atoms. The molecule has 3 atom stereocenters. The lowest BCUT2D eigenvalue weighted by Crippen LogP contribution is -2.53. The summed E-state index contributed by atoms with van der Waals surface area (Å²) < 4.78 is 0. The number of hydrogen-bond acceptors (Lipinski definition) is 3. The van der Waals surface area contributed by atoms with E-state index in [2.05, 4.69) is 18.7 Å². The fraction of sp³-hybridized carbons (Fsp3) is 0.880. The second kappa shape index (κ2) is 13.8. The van der Waals surface area contributed by atoms with Gasteiger partial charge in [0.1, 0.15) is 6.29 Å². The highest BCUT2D eigenvalue weighted by atomic mass is 16.2. The lowest BCUT2D eigenvalue weighted by Gasteiger charge is -2.40. The van der Waals surface area contributed by atoms with Crippen molar-refractivity contribution >= 4 is 18.2 Å². The largest absolute Gasteiger partial charge is 0.340 e. The molecule has 1 aliphatic heterocycles. The summed E-state index contributed by atoms with van der Waals surface area (Å²) in [5.41, 5.74) is 0. The first-order valence-electron chi connectivity index (χ1n) is 12.7. The number of carbonyl (C=O) groups is 2. The van der Waals surface area contributed by atoms with Crippen LogP contribution in [-0.4, -0.2) is 47.1 Å². The minimum absolute atomic E-state index is 0.0327. The first-order valence-corrected chi connectivity index (χ1v) is 12.7. The van der Waals surface area contributed by atoms with Crippen LogP contribution in [0.3, 0.4) is 0 Å². The van der Waals surface area contributed by atoms with Gasteiger partial charge in [0.15, 0.2) is 0 Å². The van der Waals surface area contributed by atoms with Crippen molar-refractivity contribution < 1.29 is 9.59 Å². The summed E-state index contributed by atoms with van der Waals surface area (Å²) in [6.07, 6.45) is 17.3. The molecule has 1 heterocycles. The molecule has 172 valence electrons. The molecule has 1 saturated carbocycles. The fourth-order valence-corrected chi connectivity index (χ4v) is 5.12. The van der Waals surface area contributed by atoms with Gasteiger partial charge in [-0.3, -0.25) is 15.1 Å². The monoisotopic (exact) mass is 419 g/mol. The number of hydrogen-bond donors (Lipinski definition) is 1. The molecule has 0 aromatic heterocycles. The predicted molar refractivity (Wildman–Crippen MR) is 124 cm³/mol. The van der Waals surface area contributed by atoms with Crippen molar-refractivity contribution in [1.82, 2.24) is 9.80 Å². The highest BCUT2D eigenvalue weighted by Gasteiger charge is 2.35. The maximum atomic E-state index is 13.7.